The van der Waals surface area contributed by atoms with E-state index in [-0.39, 0.29) is 10.6 Å². The molecular formula is C19H31N3O6S. The Balaban J connectivity index is 0.000000521. The number of primary sulfonamides is 1. The van der Waals surface area contributed by atoms with Crippen LogP contribution in [0.3, 0.4) is 0 Å². The van der Waals surface area contributed by atoms with Gasteiger partial charge in [-0.1, -0.05) is 0 Å². The number of hydrogen-bond acceptors (Lipinski definition) is 7. The highest BCUT2D eigenvalue weighted by Gasteiger charge is 2.23. The molecule has 3 rings (SSSR count). The van der Waals surface area contributed by atoms with Gasteiger partial charge in [-0.25, -0.2) is 13.6 Å². The van der Waals surface area contributed by atoms with Crippen LogP contribution in [0.2, 0.25) is 0 Å². The van der Waals surface area contributed by atoms with Gasteiger partial charge in [-0.3, -0.25) is 10.1 Å². The molecule has 10 heteroatoms. The van der Waals surface area contributed by atoms with Crippen LogP contribution in [-0.4, -0.2) is 46.8 Å². The number of anilines is 1. The second kappa shape index (κ2) is 11.4. The van der Waals surface area contributed by atoms with E-state index < -0.39 is 14.9 Å². The van der Waals surface area contributed by atoms with Gasteiger partial charge >= 0.3 is 0 Å². The number of ether oxygens (including phenoxy) is 2. The Morgan fingerprint density at radius 1 is 1.21 bits per heavy atom. The zero-order valence-corrected chi connectivity index (χ0v) is 17.7. The van der Waals surface area contributed by atoms with Crippen LogP contribution in [-0.2, 0) is 19.5 Å². The molecule has 2 fully saturated rings. The number of methoxy groups -OCH3 is 1. The topological polar surface area (TPSA) is 134 Å². The zero-order chi connectivity index (χ0) is 21.3. The van der Waals surface area contributed by atoms with Crippen molar-refractivity contribution in [3.8, 4) is 0 Å². The molecule has 164 valence electrons. The van der Waals surface area contributed by atoms with Crippen LogP contribution < -0.4 is 10.5 Å². The molecule has 1 saturated carbocycles. The lowest BCUT2D eigenvalue weighted by atomic mass is 9.82. The summed E-state index contributed by atoms with van der Waals surface area (Å²) in [6.07, 6.45) is 6.83. The predicted molar refractivity (Wildman–Crippen MR) is 110 cm³/mol. The lowest BCUT2D eigenvalue weighted by molar-refractivity contribution is -0.384. The molecular weight excluding hydrogens is 398 g/mol. The van der Waals surface area contributed by atoms with Crippen molar-refractivity contribution in [2.45, 2.75) is 43.4 Å². The van der Waals surface area contributed by atoms with Gasteiger partial charge in [0.25, 0.3) is 5.69 Å². The highest BCUT2D eigenvalue weighted by Crippen LogP contribution is 2.31. The maximum atomic E-state index is 11.3. The summed E-state index contributed by atoms with van der Waals surface area (Å²) in [5.74, 6) is 1.03. The highest BCUT2D eigenvalue weighted by atomic mass is 32.2. The zero-order valence-electron chi connectivity index (χ0n) is 16.8. The minimum atomic E-state index is -3.97. The third kappa shape index (κ3) is 7.88. The molecule has 0 spiro atoms. The lowest BCUT2D eigenvalue weighted by Crippen LogP contribution is -2.23. The quantitative estimate of drug-likeness (QED) is 0.503. The van der Waals surface area contributed by atoms with E-state index in [0.29, 0.717) is 24.1 Å². The first-order valence-electron chi connectivity index (χ1n) is 9.93. The number of rotatable bonds is 7. The van der Waals surface area contributed by atoms with Gasteiger partial charge in [0.05, 0.1) is 9.82 Å². The van der Waals surface area contributed by atoms with Gasteiger partial charge in [0.1, 0.15) is 5.69 Å². The maximum Gasteiger partial charge on any atom is 0.293 e. The van der Waals surface area contributed by atoms with Crippen LogP contribution in [0, 0.1) is 22.0 Å². The van der Waals surface area contributed by atoms with Crippen molar-refractivity contribution in [1.82, 2.24) is 0 Å². The van der Waals surface area contributed by atoms with Crippen molar-refractivity contribution < 1.29 is 22.8 Å². The molecule has 1 saturated heterocycles. The number of hydrogen-bond donors (Lipinski definition) is 2. The molecule has 0 amide bonds. The SMILES string of the molecule is C1CCOC1.COCC1CCC(CNc2ccc(S(N)(=O)=O)cc2[N+](=O)[O-])CC1. The number of benzene rings is 1. The molecule has 1 aromatic rings. The van der Waals surface area contributed by atoms with Gasteiger partial charge in [0.15, 0.2) is 0 Å². The third-order valence-electron chi connectivity index (χ3n) is 5.27. The molecule has 29 heavy (non-hydrogen) atoms. The normalized spacial score (nSPS) is 21.9. The predicted octanol–water partition coefficient (Wildman–Crippen LogP) is 2.90. The Hall–Kier alpha value is -1.75. The van der Waals surface area contributed by atoms with E-state index in [1.807, 2.05) is 0 Å². The standard InChI is InChI=1S/C15H23N3O5S.C4H8O/c1-23-10-12-4-2-11(3-5-12)9-17-14-7-6-13(24(16,21)22)8-15(14)18(19)20;1-2-4-5-3-1/h6-8,11-12,17H,2-5,9-10H2,1H3,(H2,16,21,22);1-4H2. The molecule has 0 bridgehead atoms. The van der Waals surface area contributed by atoms with E-state index in [1.165, 1.54) is 25.0 Å². The molecule has 3 N–H and O–H groups in total. The minimum absolute atomic E-state index is 0.264. The summed E-state index contributed by atoms with van der Waals surface area (Å²) in [6, 6.07) is 3.67. The first-order valence-corrected chi connectivity index (χ1v) is 11.5. The van der Waals surface area contributed by atoms with Crippen molar-refractivity contribution in [2.24, 2.45) is 17.0 Å². The molecule has 0 unspecified atom stereocenters. The summed E-state index contributed by atoms with van der Waals surface area (Å²) in [6.45, 7) is 3.40. The molecule has 1 heterocycles. The van der Waals surface area contributed by atoms with Crippen molar-refractivity contribution in [3.63, 3.8) is 0 Å². The van der Waals surface area contributed by atoms with E-state index in [9.17, 15) is 18.5 Å². The maximum absolute atomic E-state index is 11.3. The molecule has 1 aliphatic carbocycles. The first kappa shape index (κ1) is 23.5. The van der Waals surface area contributed by atoms with E-state index in [0.717, 1.165) is 51.6 Å². The minimum Gasteiger partial charge on any atom is -0.384 e. The Labute approximate surface area is 172 Å². The molecule has 0 atom stereocenters. The molecule has 9 nitrogen and oxygen atoms in total. The number of nitrogens with one attached hydrogen (secondary N) is 1. The molecule has 0 radical (unpaired) electrons. The van der Waals surface area contributed by atoms with E-state index in [1.54, 1.807) is 7.11 Å². The Bertz CT molecular complexity index is 752. The molecule has 2 aliphatic rings. The number of nitrogens with two attached hydrogens (primary N) is 1. The highest BCUT2D eigenvalue weighted by molar-refractivity contribution is 7.89. The fourth-order valence-electron chi connectivity index (χ4n) is 3.59. The number of sulfonamides is 1. The molecule has 1 aliphatic heterocycles. The van der Waals surface area contributed by atoms with Crippen LogP contribution >= 0.6 is 0 Å². The Morgan fingerprint density at radius 3 is 2.31 bits per heavy atom. The summed E-state index contributed by atoms with van der Waals surface area (Å²) in [5, 5.41) is 19.3. The fourth-order valence-corrected chi connectivity index (χ4v) is 4.13. The molecule has 1 aromatic carbocycles. The lowest BCUT2D eigenvalue weighted by Gasteiger charge is -2.28. The summed E-state index contributed by atoms with van der Waals surface area (Å²) in [4.78, 5) is 10.3. The van der Waals surface area contributed by atoms with Gasteiger partial charge in [0.2, 0.25) is 10.0 Å². The first-order chi connectivity index (χ1) is 13.8. The average Bonchev–Trinajstić information content (AvgIpc) is 3.27. The summed E-state index contributed by atoms with van der Waals surface area (Å²) >= 11 is 0. The monoisotopic (exact) mass is 429 g/mol. The van der Waals surface area contributed by atoms with Crippen molar-refractivity contribution in [1.29, 1.82) is 0 Å². The van der Waals surface area contributed by atoms with Crippen molar-refractivity contribution in [3.05, 3.63) is 28.3 Å². The van der Waals surface area contributed by atoms with Gasteiger partial charge < -0.3 is 14.8 Å². The van der Waals surface area contributed by atoms with Gasteiger partial charge in [-0.15, -0.1) is 0 Å². The number of nitro groups is 1. The van der Waals surface area contributed by atoms with E-state index in [2.05, 4.69) is 5.32 Å². The average molecular weight is 430 g/mol. The van der Waals surface area contributed by atoms with Gasteiger partial charge in [-0.05, 0) is 62.5 Å². The Morgan fingerprint density at radius 2 is 1.83 bits per heavy atom. The summed E-state index contributed by atoms with van der Waals surface area (Å²) in [7, 11) is -2.26. The second-order valence-corrected chi connectivity index (χ2v) is 9.08. The number of nitrogens with zero attached hydrogens (tertiary/aromatic N) is 1. The largest absolute Gasteiger partial charge is 0.384 e. The van der Waals surface area contributed by atoms with Crippen molar-refractivity contribution >= 4 is 21.4 Å². The molecule has 0 aromatic heterocycles. The van der Waals surface area contributed by atoms with E-state index >= 15 is 0 Å². The smallest absolute Gasteiger partial charge is 0.293 e. The second-order valence-electron chi connectivity index (χ2n) is 7.52. The van der Waals surface area contributed by atoms with Crippen LogP contribution in [0.15, 0.2) is 23.1 Å². The van der Waals surface area contributed by atoms with Crippen LogP contribution in [0.25, 0.3) is 0 Å². The van der Waals surface area contributed by atoms with Gasteiger partial charge in [0, 0.05) is 39.5 Å². The van der Waals surface area contributed by atoms with E-state index in [4.69, 9.17) is 14.6 Å². The third-order valence-corrected chi connectivity index (χ3v) is 6.18. The summed E-state index contributed by atoms with van der Waals surface area (Å²) < 4.78 is 32.8. The summed E-state index contributed by atoms with van der Waals surface area (Å²) in [5.41, 5.74) is 0.0287. The van der Waals surface area contributed by atoms with Gasteiger partial charge in [-0.2, -0.15) is 0 Å². The van der Waals surface area contributed by atoms with Crippen molar-refractivity contribution in [2.75, 3.05) is 38.8 Å². The fraction of sp³-hybridized carbons (Fsp3) is 0.684. The number of nitro benzene ring substituents is 1. The van der Waals surface area contributed by atoms with Crippen LogP contribution in [0.4, 0.5) is 11.4 Å². The van der Waals surface area contributed by atoms with Crippen LogP contribution in [0.5, 0.6) is 0 Å². The van der Waals surface area contributed by atoms with Crippen LogP contribution in [0.1, 0.15) is 38.5 Å². The Kier molecular flexibility index (Phi) is 9.28.